The number of carbonyl (C=O) groups excluding carboxylic acids is 1. The molecule has 3 nitrogen and oxygen atoms in total. The molecule has 0 fully saturated rings. The number of aryl methyl sites for hydroxylation is 1. The van der Waals surface area contributed by atoms with E-state index in [9.17, 15) is 4.79 Å². The van der Waals surface area contributed by atoms with Crippen molar-refractivity contribution in [2.24, 2.45) is 0 Å². The van der Waals surface area contributed by atoms with Crippen LogP contribution in [0.2, 0.25) is 0 Å². The Hall–Kier alpha value is -1.81. The summed E-state index contributed by atoms with van der Waals surface area (Å²) >= 11 is 3.42. The lowest BCUT2D eigenvalue weighted by atomic mass is 10.1. The molecular weight excluding hydrogens is 320 g/mol. The molecule has 0 radical (unpaired) electrons. The largest absolute Gasteiger partial charge is 0.489 e. The molecule has 2 aromatic rings. The van der Waals surface area contributed by atoms with Crippen molar-refractivity contribution in [1.82, 2.24) is 0 Å². The third kappa shape index (κ3) is 3.39. The van der Waals surface area contributed by atoms with E-state index in [2.05, 4.69) is 15.9 Å². The molecule has 0 aliphatic heterocycles. The van der Waals surface area contributed by atoms with E-state index in [1.807, 2.05) is 37.3 Å². The maximum Gasteiger partial charge on any atom is 0.338 e. The van der Waals surface area contributed by atoms with Crippen LogP contribution in [0.4, 0.5) is 0 Å². The SMILES string of the molecule is COC(=O)c1ccccc1COc1ccc(Br)cc1C. The molecule has 104 valence electrons. The van der Waals surface area contributed by atoms with Gasteiger partial charge in [-0.15, -0.1) is 0 Å². The van der Waals surface area contributed by atoms with Crippen molar-refractivity contribution in [2.45, 2.75) is 13.5 Å². The van der Waals surface area contributed by atoms with Gasteiger partial charge in [0, 0.05) is 10.0 Å². The summed E-state index contributed by atoms with van der Waals surface area (Å²) in [5.74, 6) is 0.449. The van der Waals surface area contributed by atoms with Gasteiger partial charge in [0.15, 0.2) is 0 Å². The number of ether oxygens (including phenoxy) is 2. The first-order valence-corrected chi connectivity index (χ1v) is 6.96. The molecule has 0 bridgehead atoms. The molecule has 0 heterocycles. The smallest absolute Gasteiger partial charge is 0.338 e. The van der Waals surface area contributed by atoms with Gasteiger partial charge in [-0.05, 0) is 36.8 Å². The molecule has 0 unspecified atom stereocenters. The second-order valence-corrected chi connectivity index (χ2v) is 5.26. The lowest BCUT2D eigenvalue weighted by molar-refractivity contribution is 0.0597. The highest BCUT2D eigenvalue weighted by molar-refractivity contribution is 9.10. The number of hydrogen-bond donors (Lipinski definition) is 0. The van der Waals surface area contributed by atoms with Gasteiger partial charge in [0.1, 0.15) is 12.4 Å². The molecule has 2 rings (SSSR count). The van der Waals surface area contributed by atoms with E-state index < -0.39 is 0 Å². The number of methoxy groups -OCH3 is 1. The highest BCUT2D eigenvalue weighted by Gasteiger charge is 2.11. The molecule has 0 amide bonds. The standard InChI is InChI=1S/C16H15BrO3/c1-11-9-13(17)7-8-15(11)20-10-12-5-3-4-6-14(12)16(18)19-2/h3-9H,10H2,1-2H3. The van der Waals surface area contributed by atoms with E-state index in [1.165, 1.54) is 7.11 Å². The lowest BCUT2D eigenvalue weighted by Gasteiger charge is -2.11. The fourth-order valence-electron chi connectivity index (χ4n) is 1.89. The Kier molecular flexibility index (Phi) is 4.79. The average Bonchev–Trinajstić information content (AvgIpc) is 2.46. The van der Waals surface area contributed by atoms with E-state index in [1.54, 1.807) is 12.1 Å². The third-order valence-corrected chi connectivity index (χ3v) is 3.44. The molecule has 20 heavy (non-hydrogen) atoms. The zero-order valence-electron chi connectivity index (χ0n) is 11.4. The third-order valence-electron chi connectivity index (χ3n) is 2.94. The van der Waals surface area contributed by atoms with Crippen molar-refractivity contribution in [3.05, 3.63) is 63.6 Å². The quantitative estimate of drug-likeness (QED) is 0.789. The summed E-state index contributed by atoms with van der Waals surface area (Å²) in [4.78, 5) is 11.7. The molecule has 0 aliphatic carbocycles. The average molecular weight is 335 g/mol. The molecule has 0 saturated heterocycles. The molecule has 0 atom stereocenters. The van der Waals surface area contributed by atoms with Crippen LogP contribution in [0.25, 0.3) is 0 Å². The molecule has 0 aromatic heterocycles. The molecule has 0 N–H and O–H groups in total. The van der Waals surface area contributed by atoms with Gasteiger partial charge in [0.25, 0.3) is 0 Å². The minimum Gasteiger partial charge on any atom is -0.489 e. The first-order chi connectivity index (χ1) is 9.61. The van der Waals surface area contributed by atoms with Gasteiger partial charge in [-0.2, -0.15) is 0 Å². The minimum absolute atomic E-state index is 0.327. The number of benzene rings is 2. The van der Waals surface area contributed by atoms with Crippen LogP contribution in [0.1, 0.15) is 21.5 Å². The van der Waals surface area contributed by atoms with E-state index in [-0.39, 0.29) is 5.97 Å². The minimum atomic E-state index is -0.350. The van der Waals surface area contributed by atoms with Crippen LogP contribution in [-0.2, 0) is 11.3 Å². The van der Waals surface area contributed by atoms with Crippen LogP contribution < -0.4 is 4.74 Å². The maximum atomic E-state index is 11.7. The van der Waals surface area contributed by atoms with E-state index in [0.717, 1.165) is 21.3 Å². The summed E-state index contributed by atoms with van der Waals surface area (Å²) in [7, 11) is 1.37. The Labute approximate surface area is 126 Å². The highest BCUT2D eigenvalue weighted by atomic mass is 79.9. The van der Waals surface area contributed by atoms with Gasteiger partial charge >= 0.3 is 5.97 Å². The summed E-state index contributed by atoms with van der Waals surface area (Å²) in [5.41, 5.74) is 2.38. The highest BCUT2D eigenvalue weighted by Crippen LogP contribution is 2.23. The summed E-state index contributed by atoms with van der Waals surface area (Å²) in [6, 6.07) is 13.1. The Balaban J connectivity index is 2.17. The Morgan fingerprint density at radius 2 is 1.95 bits per heavy atom. The zero-order chi connectivity index (χ0) is 14.5. The van der Waals surface area contributed by atoms with Crippen LogP contribution >= 0.6 is 15.9 Å². The zero-order valence-corrected chi connectivity index (χ0v) is 12.9. The van der Waals surface area contributed by atoms with Crippen molar-refractivity contribution in [2.75, 3.05) is 7.11 Å². The van der Waals surface area contributed by atoms with Gasteiger partial charge in [-0.25, -0.2) is 4.79 Å². The number of rotatable bonds is 4. The Morgan fingerprint density at radius 1 is 1.20 bits per heavy atom. The molecule has 2 aromatic carbocycles. The number of hydrogen-bond acceptors (Lipinski definition) is 3. The van der Waals surface area contributed by atoms with Crippen molar-refractivity contribution in [3.63, 3.8) is 0 Å². The topological polar surface area (TPSA) is 35.5 Å². The van der Waals surface area contributed by atoms with Crippen LogP contribution in [0, 0.1) is 6.92 Å². The first-order valence-electron chi connectivity index (χ1n) is 6.17. The predicted molar refractivity (Wildman–Crippen MR) is 81.0 cm³/mol. The van der Waals surface area contributed by atoms with Crippen molar-refractivity contribution < 1.29 is 14.3 Å². The Morgan fingerprint density at radius 3 is 2.65 bits per heavy atom. The summed E-state index contributed by atoms with van der Waals surface area (Å²) in [6.45, 7) is 2.31. The normalized spacial score (nSPS) is 10.2. The number of carbonyl (C=O) groups is 1. The monoisotopic (exact) mass is 334 g/mol. The summed E-state index contributed by atoms with van der Waals surface area (Å²) in [6.07, 6.45) is 0. The van der Waals surface area contributed by atoms with Gasteiger partial charge in [-0.3, -0.25) is 0 Å². The van der Waals surface area contributed by atoms with E-state index in [0.29, 0.717) is 12.2 Å². The molecule has 4 heteroatoms. The Bertz CT molecular complexity index is 623. The van der Waals surface area contributed by atoms with Crippen molar-refractivity contribution >= 4 is 21.9 Å². The maximum absolute atomic E-state index is 11.7. The van der Waals surface area contributed by atoms with E-state index >= 15 is 0 Å². The van der Waals surface area contributed by atoms with Gasteiger partial charge in [0.2, 0.25) is 0 Å². The van der Waals surface area contributed by atoms with Gasteiger partial charge in [-0.1, -0.05) is 34.1 Å². The molecular formula is C16H15BrO3. The van der Waals surface area contributed by atoms with Crippen molar-refractivity contribution in [1.29, 1.82) is 0 Å². The molecule has 0 spiro atoms. The van der Waals surface area contributed by atoms with E-state index in [4.69, 9.17) is 9.47 Å². The number of halogens is 1. The first kappa shape index (κ1) is 14.6. The summed E-state index contributed by atoms with van der Waals surface area (Å²) in [5, 5.41) is 0. The summed E-state index contributed by atoms with van der Waals surface area (Å²) < 4.78 is 11.6. The fraction of sp³-hybridized carbons (Fsp3) is 0.188. The predicted octanol–water partition coefficient (Wildman–Crippen LogP) is 4.12. The number of esters is 1. The lowest BCUT2D eigenvalue weighted by Crippen LogP contribution is -2.08. The molecule has 0 aliphatic rings. The van der Waals surface area contributed by atoms with Crippen LogP contribution in [0.15, 0.2) is 46.9 Å². The van der Waals surface area contributed by atoms with Gasteiger partial charge in [0.05, 0.1) is 12.7 Å². The van der Waals surface area contributed by atoms with Gasteiger partial charge < -0.3 is 9.47 Å². The molecule has 0 saturated carbocycles. The second-order valence-electron chi connectivity index (χ2n) is 4.35. The van der Waals surface area contributed by atoms with Crippen LogP contribution in [0.5, 0.6) is 5.75 Å². The second kappa shape index (κ2) is 6.57. The fourth-order valence-corrected chi connectivity index (χ4v) is 2.36. The van der Waals surface area contributed by atoms with Crippen LogP contribution in [0.3, 0.4) is 0 Å². The van der Waals surface area contributed by atoms with Crippen molar-refractivity contribution in [3.8, 4) is 5.75 Å². The van der Waals surface area contributed by atoms with Crippen LogP contribution in [-0.4, -0.2) is 13.1 Å².